The van der Waals surface area contributed by atoms with Gasteiger partial charge < -0.3 is 48.5 Å². The van der Waals surface area contributed by atoms with Crippen LogP contribution in [-0.2, 0) is 4.74 Å². The Bertz CT molecular complexity index is 316. The summed E-state index contributed by atoms with van der Waals surface area (Å²) in [7, 11) is 8.73. The van der Waals surface area contributed by atoms with Crippen LogP contribution in [0.2, 0.25) is 0 Å². The molecule has 0 aromatic rings. The largest absolute Gasteiger partial charge is 1.00 e. The van der Waals surface area contributed by atoms with Crippen LogP contribution < -0.4 is 43.8 Å². The first-order valence-corrected chi connectivity index (χ1v) is 13.3. The Morgan fingerprint density at radius 2 is 0.906 bits per heavy atom. The predicted octanol–water partition coefficient (Wildman–Crippen LogP) is -1.27. The first-order valence-electron chi connectivity index (χ1n) is 13.3. The van der Waals surface area contributed by atoms with Crippen molar-refractivity contribution in [3.8, 4) is 0 Å². The molecule has 2 N–H and O–H groups in total. The molecule has 0 bridgehead atoms. The summed E-state index contributed by atoms with van der Waals surface area (Å²) in [5, 5.41) is 0. The van der Waals surface area contributed by atoms with Crippen LogP contribution in [0.25, 0.3) is 0 Å². The molecule has 0 spiro atoms. The first kappa shape index (κ1) is 39.8. The highest BCUT2D eigenvalue weighted by Crippen LogP contribution is 2.13. The van der Waals surface area contributed by atoms with Gasteiger partial charge in [-0.15, -0.1) is 6.58 Å². The van der Waals surface area contributed by atoms with E-state index in [1.807, 2.05) is 0 Å². The van der Waals surface area contributed by atoms with E-state index in [2.05, 4.69) is 41.7 Å². The molecule has 198 valence electrons. The lowest BCUT2D eigenvalue weighted by Gasteiger charge is -2.06. The van der Waals surface area contributed by atoms with Crippen molar-refractivity contribution in [3.63, 3.8) is 0 Å². The molecule has 0 fully saturated rings. The topological polar surface area (TPSA) is 18.1 Å². The fourth-order valence-corrected chi connectivity index (χ4v) is 3.47. The van der Waals surface area contributed by atoms with Gasteiger partial charge in [0.2, 0.25) is 0 Å². The molecule has 3 nitrogen and oxygen atoms in total. The van der Waals surface area contributed by atoms with Crippen molar-refractivity contribution in [3.05, 3.63) is 12.7 Å². The minimum absolute atomic E-state index is 0. The molecule has 0 aromatic heterocycles. The Kier molecular flexibility index (Phi) is 44.9. The monoisotopic (exact) mass is 586 g/mol. The molecular weight excluding hydrogens is 528 g/mol. The molecular formula is C27H60Br2N2O. The lowest BCUT2D eigenvalue weighted by molar-refractivity contribution is -0.858. The highest BCUT2D eigenvalue weighted by Gasteiger charge is 1.96. The van der Waals surface area contributed by atoms with Crippen molar-refractivity contribution in [1.29, 1.82) is 0 Å². The molecule has 0 aliphatic rings. The molecule has 0 unspecified atom stereocenters. The van der Waals surface area contributed by atoms with Gasteiger partial charge >= 0.3 is 0 Å². The zero-order chi connectivity index (χ0) is 22.7. The Labute approximate surface area is 224 Å². The molecule has 0 saturated heterocycles. The van der Waals surface area contributed by atoms with Gasteiger partial charge in [-0.25, -0.2) is 0 Å². The Hall–Kier alpha value is 0.580. The molecule has 0 aliphatic heterocycles. The fourth-order valence-electron chi connectivity index (χ4n) is 3.47. The van der Waals surface area contributed by atoms with Crippen LogP contribution in [0.15, 0.2) is 12.7 Å². The normalized spacial score (nSPS) is 10.3. The third kappa shape index (κ3) is 44.3. The minimum Gasteiger partial charge on any atom is -1.00 e. The number of hydrogen-bond donors (Lipinski definition) is 2. The van der Waals surface area contributed by atoms with Crippen molar-refractivity contribution < 1.29 is 48.5 Å². The lowest BCUT2D eigenvalue weighted by atomic mass is 10.0. The Morgan fingerprint density at radius 1 is 0.562 bits per heavy atom. The molecule has 0 heterocycles. The van der Waals surface area contributed by atoms with Crippen LogP contribution in [-0.4, -0.2) is 54.5 Å². The van der Waals surface area contributed by atoms with Gasteiger partial charge in [0.25, 0.3) is 0 Å². The van der Waals surface area contributed by atoms with Crippen molar-refractivity contribution in [2.75, 3.05) is 54.5 Å². The number of likely N-dealkylation sites (N-methyl/N-ethyl adjacent to an activating group) is 1. The summed E-state index contributed by atoms with van der Waals surface area (Å²) in [5.41, 5.74) is 0. The van der Waals surface area contributed by atoms with Gasteiger partial charge in [0.15, 0.2) is 0 Å². The lowest BCUT2D eigenvalue weighted by Crippen LogP contribution is -3.06. The van der Waals surface area contributed by atoms with Gasteiger partial charge in [-0.2, -0.15) is 0 Å². The van der Waals surface area contributed by atoms with E-state index in [0.29, 0.717) is 6.61 Å². The standard InChI is InChI=1S/C20H43N.C7H15NO.2BrH/c1-4-5-6-7-8-9-10-11-12-13-14-15-16-17-18-19-20-21(2)3;1-4-6-9-7-5-8(2)3;;/h4-20H2,1-3H3;4H,1,5-7H2,2-3H3;2*1H. The number of halogens is 2. The third-order valence-corrected chi connectivity index (χ3v) is 5.51. The highest BCUT2D eigenvalue weighted by atomic mass is 79.9. The van der Waals surface area contributed by atoms with Crippen LogP contribution in [0.3, 0.4) is 0 Å². The average molecular weight is 589 g/mol. The van der Waals surface area contributed by atoms with Crippen LogP contribution >= 0.6 is 0 Å². The molecule has 0 saturated carbocycles. The van der Waals surface area contributed by atoms with Gasteiger partial charge in [-0.3, -0.25) is 0 Å². The van der Waals surface area contributed by atoms with E-state index in [9.17, 15) is 0 Å². The van der Waals surface area contributed by atoms with Gasteiger partial charge in [-0.1, -0.05) is 103 Å². The minimum atomic E-state index is 0. The summed E-state index contributed by atoms with van der Waals surface area (Å²) in [6, 6.07) is 0. The molecule has 0 aromatic carbocycles. The van der Waals surface area contributed by atoms with Crippen LogP contribution in [0.5, 0.6) is 0 Å². The summed E-state index contributed by atoms with van der Waals surface area (Å²) in [5.74, 6) is 0. The second-order valence-corrected chi connectivity index (χ2v) is 9.58. The van der Waals surface area contributed by atoms with E-state index in [1.54, 1.807) is 11.0 Å². The number of unbranched alkanes of at least 4 members (excludes halogenated alkanes) is 15. The molecule has 5 heteroatoms. The quantitative estimate of drug-likeness (QED) is 0.119. The molecule has 0 rings (SSSR count). The second kappa shape index (κ2) is 36.2. The molecule has 32 heavy (non-hydrogen) atoms. The summed E-state index contributed by atoms with van der Waals surface area (Å²) in [6.07, 6.45) is 25.2. The summed E-state index contributed by atoms with van der Waals surface area (Å²) in [6.45, 7) is 9.75. The second-order valence-electron chi connectivity index (χ2n) is 9.58. The number of rotatable bonds is 22. The maximum atomic E-state index is 5.15. The molecule has 0 amide bonds. The van der Waals surface area contributed by atoms with Crippen LogP contribution in [0.4, 0.5) is 0 Å². The third-order valence-electron chi connectivity index (χ3n) is 5.51. The highest BCUT2D eigenvalue weighted by molar-refractivity contribution is 4.63. The van der Waals surface area contributed by atoms with Gasteiger partial charge in [0.05, 0.1) is 47.9 Å². The Morgan fingerprint density at radius 3 is 1.22 bits per heavy atom. The van der Waals surface area contributed by atoms with Gasteiger partial charge in [0.1, 0.15) is 6.54 Å². The van der Waals surface area contributed by atoms with E-state index in [-0.39, 0.29) is 34.0 Å². The fraction of sp³-hybridized carbons (Fsp3) is 0.926. The number of quaternary nitrogens is 2. The van der Waals surface area contributed by atoms with Crippen LogP contribution in [0, 0.1) is 0 Å². The van der Waals surface area contributed by atoms with Crippen molar-refractivity contribution in [1.82, 2.24) is 0 Å². The summed E-state index contributed by atoms with van der Waals surface area (Å²) < 4.78 is 5.15. The summed E-state index contributed by atoms with van der Waals surface area (Å²) in [4.78, 5) is 3.01. The summed E-state index contributed by atoms with van der Waals surface area (Å²) >= 11 is 0. The van der Waals surface area contributed by atoms with Crippen molar-refractivity contribution in [2.45, 2.75) is 110 Å². The molecule has 0 aliphatic carbocycles. The first-order chi connectivity index (χ1) is 14.5. The maximum Gasteiger partial charge on any atom is 0.100 e. The average Bonchev–Trinajstić information content (AvgIpc) is 2.71. The molecule has 0 radical (unpaired) electrons. The van der Waals surface area contributed by atoms with E-state index in [4.69, 9.17) is 4.74 Å². The maximum absolute atomic E-state index is 5.15. The number of ether oxygens (including phenoxy) is 1. The predicted molar refractivity (Wildman–Crippen MR) is 136 cm³/mol. The Balaban J connectivity index is -0.000000303. The number of hydrogen-bond acceptors (Lipinski definition) is 1. The van der Waals surface area contributed by atoms with Crippen molar-refractivity contribution in [2.24, 2.45) is 0 Å². The van der Waals surface area contributed by atoms with Gasteiger partial charge in [-0.05, 0) is 12.8 Å². The van der Waals surface area contributed by atoms with E-state index >= 15 is 0 Å². The van der Waals surface area contributed by atoms with Gasteiger partial charge in [0, 0.05) is 0 Å². The van der Waals surface area contributed by atoms with Crippen molar-refractivity contribution >= 4 is 0 Å². The smallest absolute Gasteiger partial charge is 0.100 e. The van der Waals surface area contributed by atoms with E-state index in [1.165, 1.54) is 114 Å². The molecule has 0 atom stereocenters. The van der Waals surface area contributed by atoms with E-state index < -0.39 is 0 Å². The zero-order valence-corrected chi connectivity index (χ0v) is 25.8. The number of nitrogens with one attached hydrogen (secondary N) is 2. The van der Waals surface area contributed by atoms with Crippen LogP contribution in [0.1, 0.15) is 110 Å². The SMILES string of the molecule is C=CCOCC[NH+](C)C.CCCCCCCCCCCCCCCCCC[NH+](C)C.[Br-].[Br-]. The zero-order valence-electron chi connectivity index (χ0n) is 22.6. The van der Waals surface area contributed by atoms with E-state index in [0.717, 1.165) is 13.2 Å².